The van der Waals surface area contributed by atoms with Crippen molar-refractivity contribution in [2.24, 2.45) is 0 Å². The molecule has 0 saturated carbocycles. The maximum atomic E-state index is 13.6. The fraction of sp³-hybridized carbons (Fsp3) is 0.385. The molecular weight excluding hydrogens is 285 g/mol. The van der Waals surface area contributed by atoms with Crippen LogP contribution in [0.3, 0.4) is 0 Å². The smallest absolute Gasteiger partial charge is 0.335 e. The number of carbonyl (C=O) groups is 2. The van der Waals surface area contributed by atoms with Gasteiger partial charge in [0.25, 0.3) is 0 Å². The van der Waals surface area contributed by atoms with Gasteiger partial charge in [0.15, 0.2) is 0 Å². The molecule has 1 amide bonds. The van der Waals surface area contributed by atoms with Gasteiger partial charge in [-0.15, -0.1) is 0 Å². The second kappa shape index (κ2) is 6.13. The number of rotatable bonds is 4. The summed E-state index contributed by atoms with van der Waals surface area (Å²) in [6.07, 6.45) is 1.84. The Hall–Kier alpha value is -1.76. The van der Waals surface area contributed by atoms with E-state index in [0.717, 1.165) is 31.0 Å². The van der Waals surface area contributed by atoms with E-state index in [9.17, 15) is 18.2 Å². The zero-order valence-electron chi connectivity index (χ0n) is 10.7. The van der Waals surface area contributed by atoms with Gasteiger partial charge in [-0.1, -0.05) is 0 Å². The Morgan fingerprint density at radius 3 is 2.55 bits per heavy atom. The van der Waals surface area contributed by atoms with E-state index in [2.05, 4.69) is 0 Å². The number of amides is 1. The predicted octanol–water partition coefficient (Wildman–Crippen LogP) is 1.25. The molecule has 1 aliphatic rings. The van der Waals surface area contributed by atoms with Gasteiger partial charge in [-0.2, -0.15) is 0 Å². The van der Waals surface area contributed by atoms with Gasteiger partial charge in [-0.25, -0.2) is 9.18 Å². The Labute approximate surface area is 117 Å². The van der Waals surface area contributed by atoms with Crippen molar-refractivity contribution in [1.82, 2.24) is 4.90 Å². The van der Waals surface area contributed by atoms with Gasteiger partial charge in [0.2, 0.25) is 5.91 Å². The molecule has 2 rings (SSSR count). The Kier molecular flexibility index (Phi) is 4.49. The monoisotopic (exact) mass is 299 g/mol. The minimum absolute atomic E-state index is 0.150. The molecule has 0 bridgehead atoms. The van der Waals surface area contributed by atoms with E-state index < -0.39 is 22.6 Å². The Balaban J connectivity index is 2.14. The second-order valence-electron chi connectivity index (χ2n) is 4.53. The van der Waals surface area contributed by atoms with Crippen LogP contribution in [0, 0.1) is 5.82 Å². The summed E-state index contributed by atoms with van der Waals surface area (Å²) in [6, 6.07) is 3.07. The molecule has 1 aliphatic heterocycles. The molecular formula is C13H14FNO4S. The Bertz CT molecular complexity index is 569. The van der Waals surface area contributed by atoms with Crippen LogP contribution in [0.4, 0.5) is 4.39 Å². The first-order valence-electron chi connectivity index (χ1n) is 6.18. The highest BCUT2D eigenvalue weighted by Gasteiger charge is 2.22. The van der Waals surface area contributed by atoms with Crippen LogP contribution in [0.15, 0.2) is 23.1 Å². The number of carboxylic acid groups (broad SMARTS) is 1. The van der Waals surface area contributed by atoms with Crippen molar-refractivity contribution in [3.63, 3.8) is 0 Å². The fourth-order valence-electron chi connectivity index (χ4n) is 2.06. The summed E-state index contributed by atoms with van der Waals surface area (Å²) in [5, 5.41) is 8.84. The van der Waals surface area contributed by atoms with E-state index in [1.165, 1.54) is 0 Å². The minimum atomic E-state index is -1.88. The topological polar surface area (TPSA) is 74.7 Å². The lowest BCUT2D eigenvalue weighted by Crippen LogP contribution is -2.31. The average molecular weight is 299 g/mol. The minimum Gasteiger partial charge on any atom is -0.478 e. The van der Waals surface area contributed by atoms with Crippen LogP contribution in [-0.2, 0) is 15.6 Å². The Morgan fingerprint density at radius 1 is 1.30 bits per heavy atom. The van der Waals surface area contributed by atoms with Crippen LogP contribution in [0.25, 0.3) is 0 Å². The zero-order valence-corrected chi connectivity index (χ0v) is 11.5. The summed E-state index contributed by atoms with van der Waals surface area (Å²) >= 11 is 0. The number of aromatic carboxylic acids is 1. The number of nitrogens with zero attached hydrogens (tertiary/aromatic N) is 1. The number of halogens is 1. The van der Waals surface area contributed by atoms with Gasteiger partial charge in [0.1, 0.15) is 11.6 Å². The Morgan fingerprint density at radius 2 is 1.95 bits per heavy atom. The van der Waals surface area contributed by atoms with Crippen LogP contribution in [0.1, 0.15) is 23.2 Å². The maximum Gasteiger partial charge on any atom is 0.335 e. The highest BCUT2D eigenvalue weighted by Crippen LogP contribution is 2.16. The van der Waals surface area contributed by atoms with Crippen molar-refractivity contribution in [1.29, 1.82) is 0 Å². The molecule has 0 aromatic heterocycles. The van der Waals surface area contributed by atoms with Crippen molar-refractivity contribution in [2.75, 3.05) is 18.8 Å². The van der Waals surface area contributed by atoms with E-state index in [1.807, 2.05) is 0 Å². The summed E-state index contributed by atoms with van der Waals surface area (Å²) in [5.41, 5.74) is -0.150. The summed E-state index contributed by atoms with van der Waals surface area (Å²) in [5.74, 6) is -2.60. The van der Waals surface area contributed by atoms with Crippen molar-refractivity contribution in [3.8, 4) is 0 Å². The summed E-state index contributed by atoms with van der Waals surface area (Å²) in [7, 11) is -1.88. The predicted molar refractivity (Wildman–Crippen MR) is 70.4 cm³/mol. The standard InChI is InChI=1S/C13H14FNO4S/c14-10-4-3-9(13(17)18)7-11(10)20(19)8-12(16)15-5-1-2-6-15/h3-4,7H,1-2,5-6,8H2,(H,17,18). The molecule has 0 aliphatic carbocycles. The van der Waals surface area contributed by atoms with E-state index >= 15 is 0 Å². The fourth-order valence-corrected chi connectivity index (χ4v) is 3.16. The zero-order chi connectivity index (χ0) is 14.7. The number of likely N-dealkylation sites (tertiary alicyclic amines) is 1. The van der Waals surface area contributed by atoms with Crippen molar-refractivity contribution in [3.05, 3.63) is 29.6 Å². The molecule has 7 heteroatoms. The largest absolute Gasteiger partial charge is 0.478 e. The van der Waals surface area contributed by atoms with Crippen molar-refractivity contribution < 1.29 is 23.3 Å². The maximum absolute atomic E-state index is 13.6. The third-order valence-electron chi connectivity index (χ3n) is 3.14. The highest BCUT2D eigenvalue weighted by molar-refractivity contribution is 7.85. The van der Waals surface area contributed by atoms with E-state index in [-0.39, 0.29) is 22.1 Å². The molecule has 108 valence electrons. The van der Waals surface area contributed by atoms with Crippen LogP contribution in [-0.4, -0.2) is 44.9 Å². The van der Waals surface area contributed by atoms with Crippen molar-refractivity contribution >= 4 is 22.7 Å². The van der Waals surface area contributed by atoms with E-state index in [1.54, 1.807) is 4.90 Å². The normalized spacial score (nSPS) is 16.1. The lowest BCUT2D eigenvalue weighted by atomic mass is 10.2. The lowest BCUT2D eigenvalue weighted by Gasteiger charge is -2.14. The number of hydrogen-bond donors (Lipinski definition) is 1. The number of carboxylic acids is 1. The van der Waals surface area contributed by atoms with Gasteiger partial charge in [-0.05, 0) is 31.0 Å². The summed E-state index contributed by atoms with van der Waals surface area (Å²) < 4.78 is 25.6. The highest BCUT2D eigenvalue weighted by atomic mass is 32.2. The van der Waals surface area contributed by atoms with E-state index in [4.69, 9.17) is 5.11 Å². The number of hydrogen-bond acceptors (Lipinski definition) is 3. The first-order chi connectivity index (χ1) is 9.49. The lowest BCUT2D eigenvalue weighted by molar-refractivity contribution is -0.127. The second-order valence-corrected chi connectivity index (χ2v) is 5.95. The quantitative estimate of drug-likeness (QED) is 0.908. The van der Waals surface area contributed by atoms with Crippen LogP contribution in [0.2, 0.25) is 0 Å². The van der Waals surface area contributed by atoms with Gasteiger partial charge < -0.3 is 10.0 Å². The molecule has 1 aromatic carbocycles. The van der Waals surface area contributed by atoms with Gasteiger partial charge >= 0.3 is 5.97 Å². The average Bonchev–Trinajstić information content (AvgIpc) is 2.92. The van der Waals surface area contributed by atoms with Crippen LogP contribution in [0.5, 0.6) is 0 Å². The molecule has 5 nitrogen and oxygen atoms in total. The molecule has 1 N–H and O–H groups in total. The first kappa shape index (κ1) is 14.6. The molecule has 1 saturated heterocycles. The molecule has 1 unspecified atom stereocenters. The molecule has 0 spiro atoms. The van der Waals surface area contributed by atoms with E-state index in [0.29, 0.717) is 13.1 Å². The molecule has 1 heterocycles. The van der Waals surface area contributed by atoms with Crippen LogP contribution < -0.4 is 0 Å². The summed E-state index contributed by atoms with van der Waals surface area (Å²) in [6.45, 7) is 1.27. The molecule has 1 aromatic rings. The summed E-state index contributed by atoms with van der Waals surface area (Å²) in [4.78, 5) is 24.0. The third-order valence-corrected chi connectivity index (χ3v) is 4.45. The molecule has 20 heavy (non-hydrogen) atoms. The van der Waals surface area contributed by atoms with Crippen molar-refractivity contribution in [2.45, 2.75) is 17.7 Å². The third kappa shape index (κ3) is 3.22. The molecule has 0 radical (unpaired) electrons. The van der Waals surface area contributed by atoms with Gasteiger partial charge in [0, 0.05) is 13.1 Å². The number of carbonyl (C=O) groups excluding carboxylic acids is 1. The van der Waals surface area contributed by atoms with Crippen LogP contribution >= 0.6 is 0 Å². The SMILES string of the molecule is O=C(O)c1ccc(F)c(S(=O)CC(=O)N2CCCC2)c1. The number of benzene rings is 1. The van der Waals surface area contributed by atoms with Gasteiger partial charge in [-0.3, -0.25) is 9.00 Å². The first-order valence-corrected chi connectivity index (χ1v) is 7.50. The molecule has 1 atom stereocenters. The molecule has 1 fully saturated rings. The van der Waals surface area contributed by atoms with Gasteiger partial charge in [0.05, 0.1) is 21.3 Å².